The van der Waals surface area contributed by atoms with Gasteiger partial charge in [-0.1, -0.05) is 13.0 Å². The number of imidazole rings is 1. The average Bonchev–Trinajstić information content (AvgIpc) is 3.04. The largest absolute Gasteiger partial charge is 0.462 e. The molecule has 0 aliphatic rings. The molecule has 1 N–H and O–H groups in total. The van der Waals surface area contributed by atoms with Crippen LogP contribution in [0.3, 0.4) is 0 Å². The number of nitrogens with one attached hydrogen (secondary N) is 1. The smallest absolute Gasteiger partial charge is 0.338 e. The maximum Gasteiger partial charge on any atom is 0.338 e. The number of rotatable bonds is 5. The third kappa shape index (κ3) is 3.43. The minimum absolute atomic E-state index is 0.306. The molecule has 0 radical (unpaired) electrons. The molecule has 0 saturated heterocycles. The third-order valence-corrected chi connectivity index (χ3v) is 3.41. The monoisotopic (exact) mass is 323 g/mol. The number of carbonyl (C=O) groups is 2. The number of esters is 1. The van der Waals surface area contributed by atoms with E-state index in [0.29, 0.717) is 29.2 Å². The molecule has 3 aromatic rings. The zero-order valence-electron chi connectivity index (χ0n) is 13.2. The van der Waals surface area contributed by atoms with E-state index in [4.69, 9.17) is 4.74 Å². The summed E-state index contributed by atoms with van der Waals surface area (Å²) in [6.07, 6.45) is 4.27. The topological polar surface area (TPSA) is 72.7 Å². The summed E-state index contributed by atoms with van der Waals surface area (Å²) in [6, 6.07) is 12.1. The lowest BCUT2D eigenvalue weighted by Gasteiger charge is -2.05. The van der Waals surface area contributed by atoms with Gasteiger partial charge >= 0.3 is 5.97 Å². The molecule has 1 amide bonds. The van der Waals surface area contributed by atoms with Gasteiger partial charge in [-0.25, -0.2) is 9.78 Å². The number of benzene rings is 1. The van der Waals surface area contributed by atoms with Gasteiger partial charge in [0.2, 0.25) is 0 Å². The number of aromatic nitrogens is 2. The number of nitrogens with zero attached hydrogens (tertiary/aromatic N) is 2. The van der Waals surface area contributed by atoms with Crippen molar-refractivity contribution < 1.29 is 14.3 Å². The van der Waals surface area contributed by atoms with Gasteiger partial charge in [-0.2, -0.15) is 0 Å². The van der Waals surface area contributed by atoms with E-state index in [0.717, 1.165) is 6.42 Å². The van der Waals surface area contributed by atoms with E-state index in [9.17, 15) is 9.59 Å². The first-order valence-electron chi connectivity index (χ1n) is 7.69. The first-order chi connectivity index (χ1) is 11.7. The summed E-state index contributed by atoms with van der Waals surface area (Å²) >= 11 is 0. The Morgan fingerprint density at radius 1 is 1.17 bits per heavy atom. The Morgan fingerprint density at radius 3 is 2.67 bits per heavy atom. The highest BCUT2D eigenvalue weighted by Crippen LogP contribution is 2.13. The van der Waals surface area contributed by atoms with Crippen molar-refractivity contribution in [2.45, 2.75) is 13.3 Å². The summed E-state index contributed by atoms with van der Waals surface area (Å²) in [5.41, 5.74) is 2.07. The molecule has 0 bridgehead atoms. The number of amides is 1. The fourth-order valence-electron chi connectivity index (χ4n) is 2.21. The van der Waals surface area contributed by atoms with Crippen LogP contribution in [0.25, 0.3) is 5.65 Å². The molecule has 0 fully saturated rings. The number of hydrogen-bond acceptors (Lipinski definition) is 4. The Balaban J connectivity index is 1.69. The van der Waals surface area contributed by atoms with E-state index < -0.39 is 0 Å². The molecular weight excluding hydrogens is 306 g/mol. The molecule has 0 saturated carbocycles. The van der Waals surface area contributed by atoms with E-state index in [2.05, 4.69) is 10.3 Å². The minimum Gasteiger partial charge on any atom is -0.462 e. The second-order valence-electron chi connectivity index (χ2n) is 5.26. The van der Waals surface area contributed by atoms with Gasteiger partial charge in [-0.3, -0.25) is 4.79 Å². The summed E-state index contributed by atoms with van der Waals surface area (Å²) in [7, 11) is 0. The summed E-state index contributed by atoms with van der Waals surface area (Å²) in [5, 5.41) is 2.76. The molecule has 0 spiro atoms. The lowest BCUT2D eigenvalue weighted by atomic mass is 10.2. The highest BCUT2D eigenvalue weighted by molar-refractivity contribution is 6.03. The number of pyridine rings is 1. The van der Waals surface area contributed by atoms with Crippen molar-refractivity contribution >= 4 is 23.2 Å². The van der Waals surface area contributed by atoms with E-state index in [-0.39, 0.29) is 11.9 Å². The van der Waals surface area contributed by atoms with Gasteiger partial charge in [0.05, 0.1) is 12.2 Å². The number of anilines is 1. The Bertz CT molecular complexity index is 836. The molecular formula is C18H17N3O3. The Hall–Kier alpha value is -3.15. The molecule has 1 aromatic carbocycles. The zero-order valence-corrected chi connectivity index (χ0v) is 13.2. The first-order valence-corrected chi connectivity index (χ1v) is 7.69. The molecule has 0 aliphatic heterocycles. The summed E-state index contributed by atoms with van der Waals surface area (Å²) in [6.45, 7) is 2.33. The molecule has 122 valence electrons. The van der Waals surface area contributed by atoms with Gasteiger partial charge in [0, 0.05) is 18.1 Å². The van der Waals surface area contributed by atoms with Crippen molar-refractivity contribution in [1.29, 1.82) is 0 Å². The molecule has 6 heteroatoms. The summed E-state index contributed by atoms with van der Waals surface area (Å²) in [5.74, 6) is -0.671. The predicted molar refractivity (Wildman–Crippen MR) is 90.2 cm³/mol. The Labute approximate surface area is 139 Å². The fourth-order valence-corrected chi connectivity index (χ4v) is 2.21. The average molecular weight is 323 g/mol. The Morgan fingerprint density at radius 2 is 1.96 bits per heavy atom. The normalized spacial score (nSPS) is 10.5. The van der Waals surface area contributed by atoms with Crippen LogP contribution in [-0.4, -0.2) is 27.9 Å². The van der Waals surface area contributed by atoms with Crippen molar-refractivity contribution in [1.82, 2.24) is 9.38 Å². The number of ether oxygens (including phenoxy) is 1. The molecule has 0 atom stereocenters. The van der Waals surface area contributed by atoms with E-state index >= 15 is 0 Å². The van der Waals surface area contributed by atoms with Gasteiger partial charge in [-0.15, -0.1) is 0 Å². The highest BCUT2D eigenvalue weighted by Gasteiger charge is 2.12. The molecule has 6 nitrogen and oxygen atoms in total. The van der Waals surface area contributed by atoms with Crippen molar-refractivity contribution in [3.63, 3.8) is 0 Å². The highest BCUT2D eigenvalue weighted by atomic mass is 16.5. The van der Waals surface area contributed by atoms with Crippen molar-refractivity contribution in [2.24, 2.45) is 0 Å². The second kappa shape index (κ2) is 6.95. The van der Waals surface area contributed by atoms with Gasteiger partial charge in [-0.05, 0) is 42.8 Å². The predicted octanol–water partition coefficient (Wildman–Crippen LogP) is 3.15. The van der Waals surface area contributed by atoms with Crippen LogP contribution < -0.4 is 5.32 Å². The number of hydrogen-bond donors (Lipinski definition) is 1. The van der Waals surface area contributed by atoms with E-state index in [1.54, 1.807) is 34.9 Å². The maximum absolute atomic E-state index is 12.3. The minimum atomic E-state index is -0.366. The molecule has 24 heavy (non-hydrogen) atoms. The Kier molecular flexibility index (Phi) is 4.56. The zero-order chi connectivity index (χ0) is 16.9. The van der Waals surface area contributed by atoms with Crippen molar-refractivity contribution in [2.75, 3.05) is 11.9 Å². The first kappa shape index (κ1) is 15.7. The van der Waals surface area contributed by atoms with Crippen LogP contribution >= 0.6 is 0 Å². The summed E-state index contributed by atoms with van der Waals surface area (Å²) in [4.78, 5) is 28.3. The van der Waals surface area contributed by atoms with Crippen LogP contribution in [0.1, 0.15) is 34.2 Å². The van der Waals surface area contributed by atoms with E-state index in [1.807, 2.05) is 31.3 Å². The van der Waals surface area contributed by atoms with Gasteiger partial charge in [0.15, 0.2) is 0 Å². The van der Waals surface area contributed by atoms with Crippen LogP contribution in [0, 0.1) is 0 Å². The molecule has 0 unspecified atom stereocenters. The SMILES string of the molecule is CCCOC(=O)c1ccc(NC(=O)c2cn3ccccc3n2)cc1. The van der Waals surface area contributed by atoms with Gasteiger partial charge in [0.25, 0.3) is 5.91 Å². The lowest BCUT2D eigenvalue weighted by Crippen LogP contribution is -2.12. The van der Waals surface area contributed by atoms with Crippen LogP contribution in [0.5, 0.6) is 0 Å². The van der Waals surface area contributed by atoms with Gasteiger partial charge < -0.3 is 14.5 Å². The van der Waals surface area contributed by atoms with Crippen molar-refractivity contribution in [3.05, 3.63) is 66.1 Å². The molecule has 2 heterocycles. The van der Waals surface area contributed by atoms with Gasteiger partial charge in [0.1, 0.15) is 11.3 Å². The van der Waals surface area contributed by atoms with Crippen molar-refractivity contribution in [3.8, 4) is 0 Å². The number of fused-ring (bicyclic) bond motifs is 1. The molecule has 0 aliphatic carbocycles. The van der Waals surface area contributed by atoms with E-state index in [1.165, 1.54) is 0 Å². The summed E-state index contributed by atoms with van der Waals surface area (Å²) < 4.78 is 6.84. The molecule has 3 rings (SSSR count). The standard InChI is InChI=1S/C18H17N3O3/c1-2-11-24-18(23)13-6-8-14(9-7-13)19-17(22)15-12-21-10-4-3-5-16(21)20-15/h3-10,12H,2,11H2,1H3,(H,19,22). The third-order valence-electron chi connectivity index (χ3n) is 3.41. The van der Waals surface area contributed by atoms with Crippen LogP contribution in [0.2, 0.25) is 0 Å². The van der Waals surface area contributed by atoms with Crippen LogP contribution in [0.15, 0.2) is 54.9 Å². The number of carbonyl (C=O) groups excluding carboxylic acids is 2. The van der Waals surface area contributed by atoms with Crippen LogP contribution in [-0.2, 0) is 4.74 Å². The fraction of sp³-hybridized carbons (Fsp3) is 0.167. The lowest BCUT2D eigenvalue weighted by molar-refractivity contribution is 0.0505. The maximum atomic E-state index is 12.3. The second-order valence-corrected chi connectivity index (χ2v) is 5.26. The molecule has 2 aromatic heterocycles. The van der Waals surface area contributed by atoms with Crippen LogP contribution in [0.4, 0.5) is 5.69 Å². The quantitative estimate of drug-likeness (QED) is 0.732.